The molecule has 25 heavy (non-hydrogen) atoms. The zero-order valence-corrected chi connectivity index (χ0v) is 14.1. The second-order valence-corrected chi connectivity index (χ2v) is 4.99. The second kappa shape index (κ2) is 7.43. The molecule has 0 saturated heterocycles. The Labute approximate surface area is 144 Å². The molecule has 0 spiro atoms. The number of nitrogens with one attached hydrogen (secondary N) is 1. The Morgan fingerprint density at radius 1 is 1.00 bits per heavy atom. The van der Waals surface area contributed by atoms with E-state index in [1.54, 1.807) is 12.1 Å². The largest absolute Gasteiger partial charge is 0.493 e. The predicted molar refractivity (Wildman–Crippen MR) is 93.7 cm³/mol. The van der Waals surface area contributed by atoms with Gasteiger partial charge in [-0.15, -0.1) is 0 Å². The van der Waals surface area contributed by atoms with Crippen molar-refractivity contribution in [1.82, 2.24) is 9.97 Å². The smallest absolute Gasteiger partial charge is 0.229 e. The summed E-state index contributed by atoms with van der Waals surface area (Å²) in [5.74, 6) is 0.860. The third-order valence-electron chi connectivity index (χ3n) is 3.34. The predicted octanol–water partition coefficient (Wildman–Crippen LogP) is 0.430. The van der Waals surface area contributed by atoms with E-state index in [4.69, 9.17) is 31.4 Å². The fourth-order valence-electron chi connectivity index (χ4n) is 2.25. The van der Waals surface area contributed by atoms with E-state index < -0.39 is 0 Å². The van der Waals surface area contributed by atoms with E-state index in [1.807, 2.05) is 0 Å². The summed E-state index contributed by atoms with van der Waals surface area (Å²) >= 11 is 0. The van der Waals surface area contributed by atoms with Crippen molar-refractivity contribution in [2.45, 2.75) is 6.42 Å². The highest BCUT2D eigenvalue weighted by Crippen LogP contribution is 2.38. The van der Waals surface area contributed by atoms with E-state index in [0.29, 0.717) is 22.8 Å². The van der Waals surface area contributed by atoms with Crippen LogP contribution in [0.1, 0.15) is 5.56 Å². The molecule has 0 aliphatic heterocycles. The van der Waals surface area contributed by atoms with Crippen molar-refractivity contribution >= 4 is 29.2 Å². The molecule has 0 radical (unpaired) electrons. The maximum atomic E-state index is 12.3. The van der Waals surface area contributed by atoms with Gasteiger partial charge in [0.05, 0.1) is 27.8 Å². The number of methoxy groups -OCH3 is 3. The molecule has 1 aromatic carbocycles. The standard InChI is InChI=1S/C15H20N6O4/c1-23-8-4-7(5-9(24-2)12(8)25-3)6-10(22)19-11-13(16)20-15(18)21-14(11)17/h4-5H,6H2,1-3H3,(H,19,22)(H6,16,17,18,20,21). The van der Waals surface area contributed by atoms with Gasteiger partial charge in [-0.05, 0) is 17.7 Å². The first kappa shape index (κ1) is 17.9. The lowest BCUT2D eigenvalue weighted by atomic mass is 10.1. The maximum absolute atomic E-state index is 12.3. The van der Waals surface area contributed by atoms with E-state index >= 15 is 0 Å². The molecular formula is C15H20N6O4. The molecule has 2 aromatic rings. The number of ether oxygens (including phenoxy) is 3. The zero-order valence-electron chi connectivity index (χ0n) is 14.1. The van der Waals surface area contributed by atoms with Gasteiger partial charge in [-0.2, -0.15) is 9.97 Å². The molecule has 0 atom stereocenters. The molecule has 2 rings (SSSR count). The highest BCUT2D eigenvalue weighted by Gasteiger charge is 2.17. The van der Waals surface area contributed by atoms with Crippen LogP contribution < -0.4 is 36.7 Å². The molecule has 134 valence electrons. The number of carbonyl (C=O) groups excluding carboxylic acids is 1. The number of rotatable bonds is 6. The third kappa shape index (κ3) is 3.91. The summed E-state index contributed by atoms with van der Waals surface area (Å²) in [6, 6.07) is 3.35. The molecule has 1 amide bonds. The Hall–Kier alpha value is -3.43. The number of anilines is 4. The fraction of sp³-hybridized carbons (Fsp3) is 0.267. The topological polar surface area (TPSA) is 161 Å². The molecule has 1 aromatic heterocycles. The highest BCUT2D eigenvalue weighted by atomic mass is 16.5. The molecule has 0 unspecified atom stereocenters. The van der Waals surface area contributed by atoms with Gasteiger partial charge < -0.3 is 36.7 Å². The Balaban J connectivity index is 2.24. The van der Waals surface area contributed by atoms with Crippen LogP contribution in [0.2, 0.25) is 0 Å². The number of amides is 1. The van der Waals surface area contributed by atoms with E-state index in [1.165, 1.54) is 21.3 Å². The van der Waals surface area contributed by atoms with Crippen molar-refractivity contribution < 1.29 is 19.0 Å². The van der Waals surface area contributed by atoms with Crippen LogP contribution in [0.15, 0.2) is 12.1 Å². The quantitative estimate of drug-likeness (QED) is 0.580. The molecule has 0 saturated carbocycles. The number of aromatic nitrogens is 2. The van der Waals surface area contributed by atoms with Gasteiger partial charge >= 0.3 is 0 Å². The Bertz CT molecular complexity index is 748. The van der Waals surface area contributed by atoms with Gasteiger partial charge in [0.15, 0.2) is 23.1 Å². The Morgan fingerprint density at radius 2 is 1.52 bits per heavy atom. The third-order valence-corrected chi connectivity index (χ3v) is 3.34. The lowest BCUT2D eigenvalue weighted by Crippen LogP contribution is -2.18. The van der Waals surface area contributed by atoms with Crippen molar-refractivity contribution in [3.8, 4) is 17.2 Å². The lowest BCUT2D eigenvalue weighted by molar-refractivity contribution is -0.115. The molecule has 10 heteroatoms. The maximum Gasteiger partial charge on any atom is 0.229 e. The average molecular weight is 348 g/mol. The summed E-state index contributed by atoms with van der Waals surface area (Å²) in [7, 11) is 4.49. The summed E-state index contributed by atoms with van der Waals surface area (Å²) in [5.41, 5.74) is 17.6. The summed E-state index contributed by atoms with van der Waals surface area (Å²) in [6.07, 6.45) is 0.0139. The van der Waals surface area contributed by atoms with Crippen LogP contribution in [-0.4, -0.2) is 37.2 Å². The van der Waals surface area contributed by atoms with Crippen LogP contribution in [-0.2, 0) is 11.2 Å². The van der Waals surface area contributed by atoms with Crippen molar-refractivity contribution in [3.05, 3.63) is 17.7 Å². The van der Waals surface area contributed by atoms with Gasteiger partial charge in [-0.3, -0.25) is 4.79 Å². The minimum Gasteiger partial charge on any atom is -0.493 e. The van der Waals surface area contributed by atoms with Crippen molar-refractivity contribution in [3.63, 3.8) is 0 Å². The fourth-order valence-corrected chi connectivity index (χ4v) is 2.25. The molecule has 0 aliphatic carbocycles. The number of hydrogen-bond donors (Lipinski definition) is 4. The first-order chi connectivity index (χ1) is 11.9. The van der Waals surface area contributed by atoms with Gasteiger partial charge in [-0.25, -0.2) is 0 Å². The van der Waals surface area contributed by atoms with Gasteiger partial charge in [0.1, 0.15) is 5.69 Å². The van der Waals surface area contributed by atoms with Gasteiger partial charge in [-0.1, -0.05) is 0 Å². The summed E-state index contributed by atoms with van der Waals surface area (Å²) in [6.45, 7) is 0. The van der Waals surface area contributed by atoms with E-state index in [0.717, 1.165) is 0 Å². The Morgan fingerprint density at radius 3 is 1.96 bits per heavy atom. The van der Waals surface area contributed by atoms with Gasteiger partial charge in [0.2, 0.25) is 17.6 Å². The minimum atomic E-state index is -0.374. The highest BCUT2D eigenvalue weighted by molar-refractivity contribution is 5.97. The van der Waals surface area contributed by atoms with Gasteiger partial charge in [0.25, 0.3) is 0 Å². The molecular weight excluding hydrogens is 328 g/mol. The van der Waals surface area contributed by atoms with Crippen LogP contribution in [0.25, 0.3) is 0 Å². The van der Waals surface area contributed by atoms with Crippen molar-refractivity contribution in [1.29, 1.82) is 0 Å². The van der Waals surface area contributed by atoms with Crippen LogP contribution in [0.5, 0.6) is 17.2 Å². The Kier molecular flexibility index (Phi) is 5.32. The van der Waals surface area contributed by atoms with Crippen LogP contribution in [0, 0.1) is 0 Å². The van der Waals surface area contributed by atoms with Crippen LogP contribution in [0.4, 0.5) is 23.3 Å². The normalized spacial score (nSPS) is 10.2. The second-order valence-electron chi connectivity index (χ2n) is 4.99. The monoisotopic (exact) mass is 348 g/mol. The average Bonchev–Trinajstić information content (AvgIpc) is 2.57. The van der Waals surface area contributed by atoms with Crippen molar-refractivity contribution in [2.24, 2.45) is 0 Å². The summed E-state index contributed by atoms with van der Waals surface area (Å²) < 4.78 is 15.8. The first-order valence-corrected chi connectivity index (χ1v) is 7.16. The number of nitrogens with zero attached hydrogens (tertiary/aromatic N) is 2. The number of nitrogen functional groups attached to an aromatic ring is 3. The van der Waals surface area contributed by atoms with Crippen molar-refractivity contribution in [2.75, 3.05) is 43.8 Å². The molecule has 7 N–H and O–H groups in total. The van der Waals surface area contributed by atoms with Gasteiger partial charge in [0, 0.05) is 0 Å². The number of benzene rings is 1. The number of carbonyl (C=O) groups is 1. The number of hydrogen-bond acceptors (Lipinski definition) is 9. The molecule has 1 heterocycles. The molecule has 0 fully saturated rings. The lowest BCUT2D eigenvalue weighted by Gasteiger charge is -2.14. The van der Waals surface area contributed by atoms with E-state index in [-0.39, 0.29) is 35.6 Å². The SMILES string of the molecule is COc1cc(CC(=O)Nc2c(N)nc(N)nc2N)cc(OC)c1OC. The van der Waals surface area contributed by atoms with E-state index in [2.05, 4.69) is 15.3 Å². The summed E-state index contributed by atoms with van der Waals surface area (Å²) in [5, 5.41) is 2.58. The van der Waals surface area contributed by atoms with Crippen LogP contribution >= 0.6 is 0 Å². The molecule has 10 nitrogen and oxygen atoms in total. The first-order valence-electron chi connectivity index (χ1n) is 7.16. The van der Waals surface area contributed by atoms with E-state index in [9.17, 15) is 4.79 Å². The molecule has 0 bridgehead atoms. The number of nitrogens with two attached hydrogens (primary N) is 3. The zero-order chi connectivity index (χ0) is 18.6. The minimum absolute atomic E-state index is 0.0109. The summed E-state index contributed by atoms with van der Waals surface area (Å²) in [4.78, 5) is 19.8. The molecule has 0 aliphatic rings. The van der Waals surface area contributed by atoms with Crippen LogP contribution in [0.3, 0.4) is 0 Å².